The van der Waals surface area contributed by atoms with E-state index >= 15 is 0 Å². The van der Waals surface area contributed by atoms with Gasteiger partial charge in [0.25, 0.3) is 0 Å². The van der Waals surface area contributed by atoms with E-state index in [0.29, 0.717) is 37.2 Å². The molecule has 0 saturated heterocycles. The molecule has 2 amide bonds. The summed E-state index contributed by atoms with van der Waals surface area (Å²) in [5.41, 5.74) is 4.30. The van der Waals surface area contributed by atoms with Crippen molar-refractivity contribution in [3.8, 4) is 6.07 Å². The Morgan fingerprint density at radius 1 is 1.10 bits per heavy atom. The van der Waals surface area contributed by atoms with Crippen molar-refractivity contribution in [2.24, 2.45) is 0 Å². The van der Waals surface area contributed by atoms with Crippen molar-refractivity contribution >= 4 is 23.6 Å². The zero-order valence-corrected chi connectivity index (χ0v) is 17.2. The van der Waals surface area contributed by atoms with Crippen LogP contribution in [0, 0.1) is 11.3 Å². The van der Waals surface area contributed by atoms with Crippen molar-refractivity contribution in [3.63, 3.8) is 0 Å². The molecule has 2 aromatic rings. The highest BCUT2D eigenvalue weighted by atomic mass is 32.2. The highest BCUT2D eigenvalue weighted by Gasteiger charge is 2.19. The fourth-order valence-corrected chi connectivity index (χ4v) is 4.14. The Kier molecular flexibility index (Phi) is 7.71. The fourth-order valence-electron chi connectivity index (χ4n) is 3.32. The summed E-state index contributed by atoms with van der Waals surface area (Å²) in [4.78, 5) is 26.3. The van der Waals surface area contributed by atoms with Crippen LogP contribution in [0.3, 0.4) is 0 Å². The van der Waals surface area contributed by atoms with Crippen LogP contribution in [0.2, 0.25) is 0 Å². The van der Waals surface area contributed by atoms with Gasteiger partial charge in [0.2, 0.25) is 11.8 Å². The number of amides is 2. The van der Waals surface area contributed by atoms with Crippen LogP contribution in [-0.4, -0.2) is 35.6 Å². The lowest BCUT2D eigenvalue weighted by atomic mass is 9.99. The molecular formula is C23H25N3O2S. The van der Waals surface area contributed by atoms with Gasteiger partial charge in [-0.15, -0.1) is 11.8 Å². The summed E-state index contributed by atoms with van der Waals surface area (Å²) < 4.78 is 0. The van der Waals surface area contributed by atoms with Crippen molar-refractivity contribution < 1.29 is 9.59 Å². The van der Waals surface area contributed by atoms with Gasteiger partial charge in [-0.3, -0.25) is 9.59 Å². The van der Waals surface area contributed by atoms with E-state index in [2.05, 4.69) is 23.5 Å². The quantitative estimate of drug-likeness (QED) is 0.682. The minimum absolute atomic E-state index is 0.0111. The first-order valence-corrected chi connectivity index (χ1v) is 11.0. The number of hydrogen-bond donors (Lipinski definition) is 1. The van der Waals surface area contributed by atoms with Gasteiger partial charge in [0, 0.05) is 31.8 Å². The summed E-state index contributed by atoms with van der Waals surface area (Å²) in [5.74, 6) is 1.26. The Hall–Kier alpha value is -2.78. The van der Waals surface area contributed by atoms with Crippen molar-refractivity contribution in [2.45, 2.75) is 31.6 Å². The molecule has 0 fully saturated rings. The van der Waals surface area contributed by atoms with Crippen LogP contribution in [0.1, 0.15) is 35.1 Å². The number of hydrogen-bond acceptors (Lipinski definition) is 4. The molecule has 6 heteroatoms. The number of nitrogens with zero attached hydrogens (tertiary/aromatic N) is 2. The zero-order chi connectivity index (χ0) is 20.5. The maximum atomic E-state index is 12.4. The standard InChI is InChI=1S/C23H25N3O2S/c24-14-18-7-9-19(10-8-18)16-29-17-22(27)25-12-3-6-23(28)26-13-11-20-4-1-2-5-21(20)15-26/h1-2,4-5,7-10H,3,6,11-13,15-17H2,(H,25,27). The van der Waals surface area contributed by atoms with Gasteiger partial charge in [-0.2, -0.15) is 5.26 Å². The fraction of sp³-hybridized carbons (Fsp3) is 0.348. The molecule has 1 N–H and O–H groups in total. The number of fused-ring (bicyclic) bond motifs is 1. The van der Waals surface area contributed by atoms with Crippen LogP contribution in [0.4, 0.5) is 0 Å². The van der Waals surface area contributed by atoms with Crippen LogP contribution in [0.15, 0.2) is 48.5 Å². The molecule has 0 atom stereocenters. The summed E-state index contributed by atoms with van der Waals surface area (Å²) in [6.45, 7) is 1.98. The average molecular weight is 408 g/mol. The monoisotopic (exact) mass is 407 g/mol. The van der Waals surface area contributed by atoms with Crippen LogP contribution in [0.5, 0.6) is 0 Å². The second-order valence-electron chi connectivity index (χ2n) is 7.09. The van der Waals surface area contributed by atoms with Crippen molar-refractivity contribution in [3.05, 3.63) is 70.8 Å². The lowest BCUT2D eigenvalue weighted by Gasteiger charge is -2.29. The Morgan fingerprint density at radius 3 is 2.62 bits per heavy atom. The van der Waals surface area contributed by atoms with Crippen molar-refractivity contribution in [1.29, 1.82) is 5.26 Å². The molecule has 1 heterocycles. The van der Waals surface area contributed by atoms with Gasteiger partial charge >= 0.3 is 0 Å². The molecule has 29 heavy (non-hydrogen) atoms. The van der Waals surface area contributed by atoms with E-state index in [0.717, 1.165) is 24.3 Å². The second kappa shape index (κ2) is 10.7. The van der Waals surface area contributed by atoms with Crippen LogP contribution in [-0.2, 0) is 28.3 Å². The van der Waals surface area contributed by atoms with Gasteiger partial charge < -0.3 is 10.2 Å². The third kappa shape index (κ3) is 6.37. The Labute approximate surface area is 176 Å². The summed E-state index contributed by atoms with van der Waals surface area (Å²) in [7, 11) is 0. The molecule has 3 rings (SSSR count). The zero-order valence-electron chi connectivity index (χ0n) is 16.4. The van der Waals surface area contributed by atoms with E-state index in [9.17, 15) is 9.59 Å². The van der Waals surface area contributed by atoms with Gasteiger partial charge in [-0.1, -0.05) is 36.4 Å². The number of carbonyl (C=O) groups excluding carboxylic acids is 2. The van der Waals surface area contributed by atoms with E-state index in [1.807, 2.05) is 29.2 Å². The largest absolute Gasteiger partial charge is 0.355 e. The predicted octanol–water partition coefficient (Wildman–Crippen LogP) is 3.27. The topological polar surface area (TPSA) is 73.2 Å². The van der Waals surface area contributed by atoms with Gasteiger partial charge in [0.1, 0.15) is 0 Å². The number of carbonyl (C=O) groups is 2. The maximum Gasteiger partial charge on any atom is 0.230 e. The maximum absolute atomic E-state index is 12.4. The van der Waals surface area contributed by atoms with E-state index in [-0.39, 0.29) is 11.8 Å². The van der Waals surface area contributed by atoms with Gasteiger partial charge in [0.05, 0.1) is 17.4 Å². The molecule has 0 spiro atoms. The minimum atomic E-state index is -0.0111. The van der Waals surface area contributed by atoms with Gasteiger partial charge in [-0.05, 0) is 41.7 Å². The highest BCUT2D eigenvalue weighted by Crippen LogP contribution is 2.19. The minimum Gasteiger partial charge on any atom is -0.355 e. The molecule has 0 aromatic heterocycles. The Morgan fingerprint density at radius 2 is 1.86 bits per heavy atom. The first-order valence-electron chi connectivity index (χ1n) is 9.84. The third-order valence-corrected chi connectivity index (χ3v) is 5.96. The molecule has 0 unspecified atom stereocenters. The Bertz CT molecular complexity index is 890. The van der Waals surface area contributed by atoms with Gasteiger partial charge in [-0.25, -0.2) is 0 Å². The first kappa shape index (κ1) is 20.9. The summed E-state index contributed by atoms with van der Waals surface area (Å²) in [6.07, 6.45) is 2.03. The average Bonchev–Trinajstić information content (AvgIpc) is 2.76. The van der Waals surface area contributed by atoms with Crippen LogP contribution in [0.25, 0.3) is 0 Å². The SMILES string of the molecule is N#Cc1ccc(CSCC(=O)NCCCC(=O)N2CCc3ccccc3C2)cc1. The second-order valence-corrected chi connectivity index (χ2v) is 8.07. The van der Waals surface area contributed by atoms with E-state index in [1.165, 1.54) is 22.9 Å². The molecule has 1 aliphatic rings. The third-order valence-electron chi connectivity index (χ3n) is 4.96. The van der Waals surface area contributed by atoms with Crippen molar-refractivity contribution in [1.82, 2.24) is 10.2 Å². The van der Waals surface area contributed by atoms with Crippen LogP contribution < -0.4 is 5.32 Å². The number of benzene rings is 2. The highest BCUT2D eigenvalue weighted by molar-refractivity contribution is 7.99. The van der Waals surface area contributed by atoms with Crippen LogP contribution >= 0.6 is 11.8 Å². The molecule has 2 aromatic carbocycles. The van der Waals surface area contributed by atoms with E-state index in [1.54, 1.807) is 12.1 Å². The summed E-state index contributed by atoms with van der Waals surface area (Å²) >= 11 is 1.54. The smallest absolute Gasteiger partial charge is 0.230 e. The molecule has 0 bridgehead atoms. The molecule has 0 radical (unpaired) electrons. The molecule has 0 saturated carbocycles. The number of thioether (sulfide) groups is 1. The molecule has 1 aliphatic heterocycles. The van der Waals surface area contributed by atoms with Crippen molar-refractivity contribution in [2.75, 3.05) is 18.8 Å². The lowest BCUT2D eigenvalue weighted by Crippen LogP contribution is -2.36. The number of rotatable bonds is 8. The molecule has 5 nitrogen and oxygen atoms in total. The first-order chi connectivity index (χ1) is 14.2. The summed E-state index contributed by atoms with van der Waals surface area (Å²) in [6, 6.07) is 17.8. The predicted molar refractivity (Wildman–Crippen MR) is 115 cm³/mol. The Balaban J connectivity index is 1.28. The lowest BCUT2D eigenvalue weighted by molar-refractivity contribution is -0.132. The molecular weight excluding hydrogens is 382 g/mol. The number of nitrogens with one attached hydrogen (secondary N) is 1. The summed E-state index contributed by atoms with van der Waals surface area (Å²) in [5, 5.41) is 11.7. The van der Waals surface area contributed by atoms with E-state index in [4.69, 9.17) is 5.26 Å². The number of nitriles is 1. The normalized spacial score (nSPS) is 12.7. The molecule has 150 valence electrons. The molecule has 0 aliphatic carbocycles. The van der Waals surface area contributed by atoms with E-state index < -0.39 is 0 Å². The van der Waals surface area contributed by atoms with Gasteiger partial charge in [0.15, 0.2) is 0 Å².